The Labute approximate surface area is 424 Å². The number of aromatic hydroxyl groups is 1. The summed E-state index contributed by atoms with van der Waals surface area (Å²) in [6.45, 7) is 4.14. The molecule has 72 heavy (non-hydrogen) atoms. The Morgan fingerprint density at radius 2 is 1.64 bits per heavy atom. The Kier molecular flexibility index (Phi) is 16.0. The third kappa shape index (κ3) is 12.0. The van der Waals surface area contributed by atoms with Gasteiger partial charge in [-0.15, -0.1) is 11.6 Å². The van der Waals surface area contributed by atoms with Crippen molar-refractivity contribution in [2.24, 2.45) is 11.1 Å². The summed E-state index contributed by atoms with van der Waals surface area (Å²) in [6.07, 6.45) is 6.28. The van der Waals surface area contributed by atoms with Crippen molar-refractivity contribution in [1.82, 2.24) is 25.8 Å². The van der Waals surface area contributed by atoms with Gasteiger partial charge in [-0.3, -0.25) is 28.9 Å². The molecule has 5 aromatic rings. The molecule has 7 amide bonds. The fourth-order valence-electron chi connectivity index (χ4n) is 10.0. The van der Waals surface area contributed by atoms with Crippen LogP contribution < -0.4 is 36.6 Å². The highest BCUT2D eigenvalue weighted by Crippen LogP contribution is 2.46. The second-order valence-electron chi connectivity index (χ2n) is 19.9. The van der Waals surface area contributed by atoms with E-state index in [-0.39, 0.29) is 36.4 Å². The van der Waals surface area contributed by atoms with Gasteiger partial charge >= 0.3 is 6.03 Å². The van der Waals surface area contributed by atoms with E-state index < -0.39 is 35.2 Å². The van der Waals surface area contributed by atoms with Crippen molar-refractivity contribution in [2.45, 2.75) is 76.4 Å². The largest absolute Gasteiger partial charge is 0.507 e. The first-order valence-electron chi connectivity index (χ1n) is 24.8. The minimum atomic E-state index is -1.30. The molecule has 17 nitrogen and oxygen atoms in total. The van der Waals surface area contributed by atoms with Gasteiger partial charge in [0.2, 0.25) is 17.7 Å². The van der Waals surface area contributed by atoms with Crippen LogP contribution in [0.5, 0.6) is 11.5 Å². The number of phenols is 1. The molecule has 0 saturated heterocycles. The van der Waals surface area contributed by atoms with Crippen molar-refractivity contribution < 1.29 is 43.1 Å². The third-order valence-corrected chi connectivity index (χ3v) is 14.5. The summed E-state index contributed by atoms with van der Waals surface area (Å²) in [5, 5.41) is 25.0. The summed E-state index contributed by atoms with van der Waals surface area (Å²) in [4.78, 5) is 83.0. The molecule has 3 heterocycles. The number of halogens is 1. The normalized spacial score (nSPS) is 16.4. The number of rotatable bonds is 24. The van der Waals surface area contributed by atoms with Gasteiger partial charge in [0.05, 0.1) is 20.6 Å². The number of ether oxygens (including phenoxy) is 1. The van der Waals surface area contributed by atoms with Gasteiger partial charge in [0.25, 0.3) is 11.8 Å². The number of alkyl halides is 1. The zero-order valence-electron chi connectivity index (χ0n) is 40.9. The molecule has 0 unspecified atom stereocenters. The van der Waals surface area contributed by atoms with Gasteiger partial charge in [-0.25, -0.2) is 4.79 Å². The number of hydrogen-bond donors (Lipinski definition) is 7. The summed E-state index contributed by atoms with van der Waals surface area (Å²) >= 11 is 6.48. The average molecular weight is 1000 g/mol. The topological polar surface area (TPSA) is 228 Å². The lowest BCUT2D eigenvalue weighted by Crippen LogP contribution is -2.58. The Morgan fingerprint density at radius 3 is 2.35 bits per heavy atom. The molecule has 0 spiro atoms. The van der Waals surface area contributed by atoms with Crippen LogP contribution in [-0.4, -0.2) is 120 Å². The Balaban J connectivity index is 0.808. The van der Waals surface area contributed by atoms with E-state index in [1.54, 1.807) is 0 Å². The number of carbonyl (C=O) groups excluding carboxylic acids is 6. The van der Waals surface area contributed by atoms with E-state index in [2.05, 4.69) is 63.4 Å². The first kappa shape index (κ1) is 51.3. The highest BCUT2D eigenvalue weighted by Gasteiger charge is 2.51. The van der Waals surface area contributed by atoms with Crippen LogP contribution in [0.3, 0.4) is 0 Å². The molecule has 0 bridgehead atoms. The van der Waals surface area contributed by atoms with Gasteiger partial charge in [-0.05, 0) is 92.3 Å². The quantitative estimate of drug-likeness (QED) is 0.0121. The molecule has 2 aliphatic heterocycles. The van der Waals surface area contributed by atoms with Crippen LogP contribution in [0.4, 0.5) is 16.2 Å². The van der Waals surface area contributed by atoms with Crippen LogP contribution in [0.15, 0.2) is 91.0 Å². The summed E-state index contributed by atoms with van der Waals surface area (Å²) in [5.41, 5.74) is 9.79. The number of urea groups is 1. The van der Waals surface area contributed by atoms with Gasteiger partial charge in [0.1, 0.15) is 42.7 Å². The number of imide groups is 1. The number of fused-ring (bicyclic) bond motifs is 4. The van der Waals surface area contributed by atoms with Gasteiger partial charge in [-0.2, -0.15) is 0 Å². The molecule has 1 fully saturated rings. The van der Waals surface area contributed by atoms with Crippen LogP contribution in [-0.2, 0) is 37.1 Å². The number of primary amides is 1. The molecule has 4 aromatic carbocycles. The first-order chi connectivity index (χ1) is 34.6. The van der Waals surface area contributed by atoms with Crippen molar-refractivity contribution in [3.8, 4) is 11.5 Å². The number of carbonyl (C=O) groups is 6. The number of nitrogens with two attached hydrogens (primary N) is 1. The fourth-order valence-corrected chi connectivity index (χ4v) is 10.3. The van der Waals surface area contributed by atoms with Gasteiger partial charge < -0.3 is 51.2 Å². The third-order valence-electron chi connectivity index (χ3n) is 14.1. The monoisotopic (exact) mass is 1000 g/mol. The van der Waals surface area contributed by atoms with E-state index in [1.807, 2.05) is 60.7 Å². The molecule has 3 aliphatic rings. The SMILES string of the molecule is C[N+](C)(CCOc1ccc2[nH]c(CN3C[C@@H](CCl)c4c3cc(O)c3ccccc43)cc2c1)Cc1ccc(NC(=O)[C@H](CCCNC(N)=O)NC(=O)C2(C(=O)NCCCCCN3C(=O)C=CC3=O)CCC2)cc1. The van der Waals surface area contributed by atoms with Crippen LogP contribution in [0.2, 0.25) is 0 Å². The lowest BCUT2D eigenvalue weighted by molar-refractivity contribution is -0.903. The van der Waals surface area contributed by atoms with Crippen LogP contribution >= 0.6 is 11.6 Å². The summed E-state index contributed by atoms with van der Waals surface area (Å²) in [6, 6.07) is 23.9. The number of H-pyrrole nitrogens is 1. The maximum atomic E-state index is 13.8. The number of quaternary nitrogens is 1. The predicted octanol–water partition coefficient (Wildman–Crippen LogP) is 6.28. The minimum absolute atomic E-state index is 0.155. The molecule has 1 aromatic heterocycles. The first-order valence-corrected chi connectivity index (χ1v) is 25.3. The van der Waals surface area contributed by atoms with E-state index in [9.17, 15) is 33.9 Å². The highest BCUT2D eigenvalue weighted by atomic mass is 35.5. The number of hydrogen-bond acceptors (Lipinski definition) is 9. The second kappa shape index (κ2) is 22.5. The number of benzene rings is 4. The number of nitrogens with zero attached hydrogens (tertiary/aromatic N) is 3. The van der Waals surface area contributed by atoms with Crippen LogP contribution in [0.25, 0.3) is 21.7 Å². The molecule has 8 N–H and O–H groups in total. The smallest absolute Gasteiger partial charge is 0.312 e. The van der Waals surface area contributed by atoms with E-state index in [4.69, 9.17) is 22.1 Å². The summed E-state index contributed by atoms with van der Waals surface area (Å²) in [7, 11) is 4.26. The highest BCUT2D eigenvalue weighted by molar-refractivity contribution is 6.19. The maximum absolute atomic E-state index is 13.8. The zero-order valence-corrected chi connectivity index (χ0v) is 41.7. The number of aromatic nitrogens is 1. The van der Waals surface area contributed by atoms with Gasteiger partial charge in [0.15, 0.2) is 0 Å². The van der Waals surface area contributed by atoms with Crippen LogP contribution in [0, 0.1) is 5.41 Å². The Bertz CT molecular complexity index is 2840. The standard InChI is InChI=1S/C54H64ClN9O8/c1-64(2,26-27-72-40-17-18-43-36(29-40)28-39(59-43)33-62-32-37(31-55)49-42-11-5-4-10-41(42)46(65)30-45(49)62)34-35-13-15-38(16-14-35)60-50(68)44(12-8-24-58-53(56)71)61-52(70)54(21-9-22-54)51(69)57-23-6-3-7-25-63-47(66)19-20-48(63)67/h4-5,10-11,13-20,28-30,37,44,59H,3,6-9,12,21-27,31-34H2,1-2H3,(H6-,56,57,58,60,61,65,68,69,70,71)/p+1/t37-,44+/m1/s1. The minimum Gasteiger partial charge on any atom is -0.507 e. The lowest BCUT2D eigenvalue weighted by Gasteiger charge is -2.39. The molecule has 0 radical (unpaired) electrons. The van der Waals surface area contributed by atoms with Crippen molar-refractivity contribution >= 4 is 80.2 Å². The molecular formula is C54H65ClN9O8+. The number of likely N-dealkylation sites (N-methyl/N-ethyl adjacent to an activating group) is 1. The van der Waals surface area contributed by atoms with E-state index >= 15 is 0 Å². The molecule has 380 valence electrons. The molecule has 2 atom stereocenters. The Morgan fingerprint density at radius 1 is 0.903 bits per heavy atom. The van der Waals surface area contributed by atoms with Gasteiger partial charge in [-0.1, -0.05) is 42.8 Å². The maximum Gasteiger partial charge on any atom is 0.312 e. The number of nitrogens with one attached hydrogen (secondary N) is 5. The van der Waals surface area contributed by atoms with E-state index in [0.29, 0.717) is 93.8 Å². The molecule has 1 saturated carbocycles. The number of aromatic amines is 1. The predicted molar refractivity (Wildman–Crippen MR) is 277 cm³/mol. The Hall–Kier alpha value is -7.11. The molecule has 8 rings (SSSR count). The van der Waals surface area contributed by atoms with Crippen molar-refractivity contribution in [1.29, 1.82) is 0 Å². The number of anilines is 2. The fraction of sp³-hybridized carbons (Fsp3) is 0.407. The number of phenolic OH excluding ortho intramolecular Hbond substituents is 1. The van der Waals surface area contributed by atoms with E-state index in [0.717, 1.165) is 57.5 Å². The molecule has 18 heteroatoms. The second-order valence-corrected chi connectivity index (χ2v) is 20.2. The van der Waals surface area contributed by atoms with Crippen molar-refractivity contribution in [3.63, 3.8) is 0 Å². The summed E-state index contributed by atoms with van der Waals surface area (Å²) in [5.74, 6) is -0.335. The average Bonchev–Trinajstić information content (AvgIpc) is 4.01. The number of amides is 7. The molecule has 1 aliphatic carbocycles. The van der Waals surface area contributed by atoms with Crippen molar-refractivity contribution in [2.75, 3.05) is 69.5 Å². The lowest BCUT2D eigenvalue weighted by atomic mass is 9.67. The zero-order chi connectivity index (χ0) is 51.0. The van der Waals surface area contributed by atoms with E-state index in [1.165, 1.54) is 22.6 Å². The number of unbranched alkanes of at least 4 members (excludes halogenated alkanes) is 2. The van der Waals surface area contributed by atoms with Crippen molar-refractivity contribution in [3.05, 3.63) is 108 Å². The van der Waals surface area contributed by atoms with Gasteiger partial charge in [0, 0.05) is 95.1 Å². The summed E-state index contributed by atoms with van der Waals surface area (Å²) < 4.78 is 6.92. The van der Waals surface area contributed by atoms with Crippen LogP contribution in [0.1, 0.15) is 74.1 Å². The molecular weight excluding hydrogens is 938 g/mol.